The van der Waals surface area contributed by atoms with Gasteiger partial charge >= 0.3 is 11.9 Å². The molecule has 2 aromatic rings. The number of rotatable bonds is 8. The van der Waals surface area contributed by atoms with Gasteiger partial charge in [0.05, 0.1) is 0 Å². The molecule has 0 N–H and O–H groups in total. The van der Waals surface area contributed by atoms with E-state index in [0.717, 1.165) is 12.0 Å². The highest BCUT2D eigenvalue weighted by Gasteiger charge is 2.12. The van der Waals surface area contributed by atoms with Crippen molar-refractivity contribution in [2.45, 2.75) is 32.5 Å². The van der Waals surface area contributed by atoms with Gasteiger partial charge in [-0.3, -0.25) is 4.79 Å². The van der Waals surface area contributed by atoms with Crippen LogP contribution in [0.2, 0.25) is 0 Å². The predicted octanol–water partition coefficient (Wildman–Crippen LogP) is 4.16. The molecular formula is C21H22O4. The second-order valence-electron chi connectivity index (χ2n) is 5.58. The van der Waals surface area contributed by atoms with Gasteiger partial charge in [0.25, 0.3) is 0 Å². The quantitative estimate of drug-likeness (QED) is 0.412. The highest BCUT2D eigenvalue weighted by molar-refractivity contribution is 5.87. The van der Waals surface area contributed by atoms with E-state index < -0.39 is 12.3 Å². The molecule has 1 unspecified atom stereocenters. The van der Waals surface area contributed by atoms with Crippen LogP contribution in [0.1, 0.15) is 30.9 Å². The van der Waals surface area contributed by atoms with Gasteiger partial charge < -0.3 is 9.47 Å². The molecule has 2 rings (SSSR count). The van der Waals surface area contributed by atoms with Gasteiger partial charge in [0, 0.05) is 19.4 Å². The van der Waals surface area contributed by atoms with Gasteiger partial charge in [-0.15, -0.1) is 0 Å². The molecule has 25 heavy (non-hydrogen) atoms. The first-order valence-electron chi connectivity index (χ1n) is 8.30. The molecule has 0 fully saturated rings. The molecule has 0 bridgehead atoms. The lowest BCUT2D eigenvalue weighted by atomic mass is 10.1. The monoisotopic (exact) mass is 338 g/mol. The zero-order chi connectivity index (χ0) is 17.9. The van der Waals surface area contributed by atoms with Gasteiger partial charge in [-0.25, -0.2) is 4.79 Å². The molecular weight excluding hydrogens is 316 g/mol. The van der Waals surface area contributed by atoms with E-state index in [0.29, 0.717) is 6.42 Å². The van der Waals surface area contributed by atoms with Crippen molar-refractivity contribution in [3.8, 4) is 0 Å². The van der Waals surface area contributed by atoms with Crippen LogP contribution in [0, 0.1) is 0 Å². The highest BCUT2D eigenvalue weighted by atomic mass is 16.7. The lowest BCUT2D eigenvalue weighted by Gasteiger charge is -2.12. The van der Waals surface area contributed by atoms with Gasteiger partial charge in [0.1, 0.15) is 0 Å². The summed E-state index contributed by atoms with van der Waals surface area (Å²) in [5.41, 5.74) is 2.07. The number of carbonyl (C=O) groups is 2. The molecule has 0 aromatic heterocycles. The van der Waals surface area contributed by atoms with Crippen LogP contribution in [0.4, 0.5) is 0 Å². The Bertz CT molecular complexity index is 692. The van der Waals surface area contributed by atoms with E-state index in [1.807, 2.05) is 60.7 Å². The highest BCUT2D eigenvalue weighted by Crippen LogP contribution is 2.07. The summed E-state index contributed by atoms with van der Waals surface area (Å²) in [5.74, 6) is -0.920. The molecule has 0 aliphatic heterocycles. The Morgan fingerprint density at radius 1 is 0.960 bits per heavy atom. The summed E-state index contributed by atoms with van der Waals surface area (Å²) >= 11 is 0. The Morgan fingerprint density at radius 2 is 1.60 bits per heavy atom. The number of ether oxygens (including phenoxy) is 2. The zero-order valence-corrected chi connectivity index (χ0v) is 14.3. The number of esters is 2. The number of hydrogen-bond acceptors (Lipinski definition) is 4. The zero-order valence-electron chi connectivity index (χ0n) is 14.3. The molecule has 4 nitrogen and oxygen atoms in total. The summed E-state index contributed by atoms with van der Waals surface area (Å²) < 4.78 is 10.1. The third-order valence-corrected chi connectivity index (χ3v) is 3.48. The largest absolute Gasteiger partial charge is 0.425 e. The fraction of sp³-hybridized carbons (Fsp3) is 0.238. The topological polar surface area (TPSA) is 52.6 Å². The molecule has 2 aromatic carbocycles. The van der Waals surface area contributed by atoms with Crippen LogP contribution in [0.25, 0.3) is 6.08 Å². The predicted molar refractivity (Wildman–Crippen MR) is 96.5 cm³/mol. The van der Waals surface area contributed by atoms with Gasteiger partial charge in [-0.2, -0.15) is 0 Å². The first-order chi connectivity index (χ1) is 12.1. The van der Waals surface area contributed by atoms with Crippen molar-refractivity contribution in [1.29, 1.82) is 0 Å². The smallest absolute Gasteiger partial charge is 0.333 e. The minimum absolute atomic E-state index is 0.288. The molecule has 0 radical (unpaired) electrons. The maximum absolute atomic E-state index is 11.8. The number of benzene rings is 2. The van der Waals surface area contributed by atoms with Crippen molar-refractivity contribution < 1.29 is 19.1 Å². The standard InChI is InChI=1S/C21H22O4/c1-17(25-21(23)16-15-19-11-6-3-7-12-19)24-20(22)14-8-13-18-9-4-2-5-10-18/h2-7,9-12,15-17H,8,13-14H2,1H3/b16-15+. The molecule has 0 spiro atoms. The van der Waals surface area contributed by atoms with Crippen molar-refractivity contribution in [1.82, 2.24) is 0 Å². The number of hydrogen-bond donors (Lipinski definition) is 0. The first-order valence-corrected chi connectivity index (χ1v) is 8.30. The van der Waals surface area contributed by atoms with Crippen molar-refractivity contribution in [3.05, 3.63) is 77.9 Å². The van der Waals surface area contributed by atoms with Gasteiger partial charge in [-0.05, 0) is 30.0 Å². The number of aryl methyl sites for hydroxylation is 1. The summed E-state index contributed by atoms with van der Waals surface area (Å²) in [4.78, 5) is 23.5. The van der Waals surface area contributed by atoms with Gasteiger partial charge in [0.15, 0.2) is 0 Å². The van der Waals surface area contributed by atoms with Crippen LogP contribution >= 0.6 is 0 Å². The van der Waals surface area contributed by atoms with E-state index >= 15 is 0 Å². The summed E-state index contributed by atoms with van der Waals surface area (Å²) in [6, 6.07) is 19.4. The Morgan fingerprint density at radius 3 is 2.28 bits per heavy atom. The molecule has 0 heterocycles. The van der Waals surface area contributed by atoms with Crippen LogP contribution in [0.3, 0.4) is 0 Å². The van der Waals surface area contributed by atoms with E-state index in [1.54, 1.807) is 6.08 Å². The average Bonchev–Trinajstić information content (AvgIpc) is 2.61. The van der Waals surface area contributed by atoms with Gasteiger partial charge in [0.2, 0.25) is 6.29 Å². The second-order valence-corrected chi connectivity index (χ2v) is 5.58. The minimum atomic E-state index is -0.905. The molecule has 0 amide bonds. The van der Waals surface area contributed by atoms with Crippen LogP contribution in [-0.2, 0) is 25.5 Å². The third-order valence-electron chi connectivity index (χ3n) is 3.48. The Labute approximate surface area is 148 Å². The van der Waals surface area contributed by atoms with E-state index in [2.05, 4.69) is 0 Å². The van der Waals surface area contributed by atoms with Crippen molar-refractivity contribution in [2.75, 3.05) is 0 Å². The summed E-state index contributed by atoms with van der Waals surface area (Å²) in [7, 11) is 0. The summed E-state index contributed by atoms with van der Waals surface area (Å²) in [6.07, 6.45) is 3.85. The molecule has 0 saturated heterocycles. The molecule has 1 atom stereocenters. The summed E-state index contributed by atoms with van der Waals surface area (Å²) in [6.45, 7) is 1.53. The van der Waals surface area contributed by atoms with Crippen LogP contribution in [-0.4, -0.2) is 18.2 Å². The van der Waals surface area contributed by atoms with E-state index in [1.165, 1.54) is 18.6 Å². The molecule has 0 aliphatic carbocycles. The second kappa shape index (κ2) is 10.1. The van der Waals surface area contributed by atoms with Crippen LogP contribution in [0.15, 0.2) is 66.7 Å². The van der Waals surface area contributed by atoms with E-state index in [9.17, 15) is 9.59 Å². The Balaban J connectivity index is 1.66. The fourth-order valence-corrected chi connectivity index (χ4v) is 2.28. The fourth-order valence-electron chi connectivity index (χ4n) is 2.28. The number of carbonyl (C=O) groups excluding carboxylic acids is 2. The molecule has 4 heteroatoms. The molecule has 130 valence electrons. The SMILES string of the molecule is CC(OC(=O)/C=C/c1ccccc1)OC(=O)CCCc1ccccc1. The molecule has 0 aliphatic rings. The van der Waals surface area contributed by atoms with E-state index in [-0.39, 0.29) is 12.4 Å². The lowest BCUT2D eigenvalue weighted by Crippen LogP contribution is -2.20. The normalized spacial score (nSPS) is 11.9. The van der Waals surface area contributed by atoms with Crippen LogP contribution < -0.4 is 0 Å². The van der Waals surface area contributed by atoms with Crippen molar-refractivity contribution >= 4 is 18.0 Å². The lowest BCUT2D eigenvalue weighted by molar-refractivity contribution is -0.181. The minimum Gasteiger partial charge on any atom is -0.425 e. The summed E-state index contributed by atoms with van der Waals surface area (Å²) in [5, 5.41) is 0. The van der Waals surface area contributed by atoms with Crippen LogP contribution in [0.5, 0.6) is 0 Å². The van der Waals surface area contributed by atoms with E-state index in [4.69, 9.17) is 9.47 Å². The average molecular weight is 338 g/mol. The first kappa shape index (κ1) is 18.5. The maximum atomic E-state index is 11.8. The van der Waals surface area contributed by atoms with Crippen molar-refractivity contribution in [2.24, 2.45) is 0 Å². The molecule has 0 saturated carbocycles. The van der Waals surface area contributed by atoms with Gasteiger partial charge in [-0.1, -0.05) is 60.7 Å². The maximum Gasteiger partial charge on any atom is 0.333 e. The third kappa shape index (κ3) is 7.48. The Hall–Kier alpha value is -2.88. The Kier molecular flexibility index (Phi) is 7.44. The van der Waals surface area contributed by atoms with Crippen molar-refractivity contribution in [3.63, 3.8) is 0 Å².